The minimum atomic E-state index is -0.672. The highest BCUT2D eigenvalue weighted by Gasteiger charge is 2.15. The normalized spacial score (nSPS) is 12.5. The predicted octanol–water partition coefficient (Wildman–Crippen LogP) is 4.51. The summed E-state index contributed by atoms with van der Waals surface area (Å²) < 4.78 is 27.3. The largest absolute Gasteiger partial charge is 0.324 e. The summed E-state index contributed by atoms with van der Waals surface area (Å²) in [6.45, 7) is 0. The lowest BCUT2D eigenvalue weighted by atomic mass is 9.99. The van der Waals surface area contributed by atoms with Gasteiger partial charge in [0.2, 0.25) is 0 Å². The zero-order chi connectivity index (χ0) is 14.0. The second-order valence-corrected chi connectivity index (χ2v) is 5.09. The summed E-state index contributed by atoms with van der Waals surface area (Å²) in [6, 6.07) is 7.79. The summed E-state index contributed by atoms with van der Waals surface area (Å²) in [5, 5.41) is 0.701. The Balaban J connectivity index is 2.25. The molecule has 0 saturated carbocycles. The Labute approximate surface area is 119 Å². The monoisotopic (exact) mass is 301 g/mol. The lowest BCUT2D eigenvalue weighted by Crippen LogP contribution is -2.15. The fourth-order valence-electron chi connectivity index (χ4n) is 1.83. The van der Waals surface area contributed by atoms with Crippen LogP contribution < -0.4 is 5.73 Å². The molecule has 2 aromatic rings. The lowest BCUT2D eigenvalue weighted by Gasteiger charge is -2.14. The topological polar surface area (TPSA) is 26.0 Å². The summed E-state index contributed by atoms with van der Waals surface area (Å²) in [6.07, 6.45) is 0.167. The third-order valence-corrected chi connectivity index (χ3v) is 3.28. The van der Waals surface area contributed by atoms with E-state index in [1.54, 1.807) is 12.1 Å². The van der Waals surface area contributed by atoms with Crippen LogP contribution in [0.2, 0.25) is 10.0 Å². The second-order valence-electron chi connectivity index (χ2n) is 4.21. The minimum absolute atomic E-state index is 0.167. The molecule has 1 unspecified atom stereocenters. The van der Waals surface area contributed by atoms with Crippen LogP contribution in [0, 0.1) is 11.6 Å². The molecule has 0 aliphatic heterocycles. The Hall–Kier alpha value is -1.16. The number of benzene rings is 2. The van der Waals surface area contributed by atoms with Crippen LogP contribution in [0.1, 0.15) is 17.2 Å². The third kappa shape index (κ3) is 3.44. The van der Waals surface area contributed by atoms with Crippen LogP contribution in [-0.2, 0) is 6.42 Å². The Morgan fingerprint density at radius 3 is 2.26 bits per heavy atom. The SMILES string of the molecule is NC(Cc1ccc(Cl)cc1F)c1cc(Cl)ccc1F. The van der Waals surface area contributed by atoms with Crippen molar-refractivity contribution in [2.45, 2.75) is 12.5 Å². The highest BCUT2D eigenvalue weighted by Crippen LogP contribution is 2.24. The summed E-state index contributed by atoms with van der Waals surface area (Å²) in [5.74, 6) is -0.906. The van der Waals surface area contributed by atoms with Crippen molar-refractivity contribution in [2.75, 3.05) is 0 Å². The van der Waals surface area contributed by atoms with Gasteiger partial charge in [-0.1, -0.05) is 29.3 Å². The number of hydrogen-bond acceptors (Lipinski definition) is 1. The van der Waals surface area contributed by atoms with E-state index in [1.807, 2.05) is 0 Å². The molecule has 0 saturated heterocycles. The van der Waals surface area contributed by atoms with Crippen LogP contribution in [0.25, 0.3) is 0 Å². The maximum atomic E-state index is 13.6. The molecule has 0 spiro atoms. The van der Waals surface area contributed by atoms with Crippen LogP contribution in [0.5, 0.6) is 0 Å². The lowest BCUT2D eigenvalue weighted by molar-refractivity contribution is 0.563. The van der Waals surface area contributed by atoms with Crippen LogP contribution in [0.4, 0.5) is 8.78 Å². The first-order chi connectivity index (χ1) is 8.97. The molecule has 1 atom stereocenters. The average molecular weight is 302 g/mol. The van der Waals surface area contributed by atoms with E-state index in [0.29, 0.717) is 15.6 Å². The Kier molecular flexibility index (Phi) is 4.40. The molecule has 0 amide bonds. The summed E-state index contributed by atoms with van der Waals surface area (Å²) in [4.78, 5) is 0. The molecular formula is C14H11Cl2F2N. The predicted molar refractivity (Wildman–Crippen MR) is 73.5 cm³/mol. The van der Waals surface area contributed by atoms with Gasteiger partial charge in [-0.15, -0.1) is 0 Å². The summed E-state index contributed by atoms with van der Waals surface area (Å²) >= 11 is 11.5. The zero-order valence-electron chi connectivity index (χ0n) is 9.84. The Bertz CT molecular complexity index is 602. The van der Waals surface area contributed by atoms with Gasteiger partial charge in [-0.05, 0) is 42.3 Å². The molecule has 19 heavy (non-hydrogen) atoms. The van der Waals surface area contributed by atoms with Crippen LogP contribution in [0.3, 0.4) is 0 Å². The molecule has 0 heterocycles. The first kappa shape index (κ1) is 14.3. The zero-order valence-corrected chi connectivity index (χ0v) is 11.3. The van der Waals surface area contributed by atoms with E-state index in [1.165, 1.54) is 24.3 Å². The molecule has 0 radical (unpaired) electrons. The van der Waals surface area contributed by atoms with Crippen LogP contribution in [-0.4, -0.2) is 0 Å². The van der Waals surface area contributed by atoms with Gasteiger partial charge in [-0.2, -0.15) is 0 Å². The van der Waals surface area contributed by atoms with E-state index < -0.39 is 17.7 Å². The second kappa shape index (κ2) is 5.87. The molecule has 2 aromatic carbocycles. The van der Waals surface area contributed by atoms with Gasteiger partial charge in [0.15, 0.2) is 0 Å². The third-order valence-electron chi connectivity index (χ3n) is 2.81. The molecule has 0 aliphatic carbocycles. The van der Waals surface area contributed by atoms with Gasteiger partial charge in [-0.3, -0.25) is 0 Å². The first-order valence-electron chi connectivity index (χ1n) is 5.62. The fourth-order valence-corrected chi connectivity index (χ4v) is 2.17. The number of nitrogens with two attached hydrogens (primary N) is 1. The fraction of sp³-hybridized carbons (Fsp3) is 0.143. The van der Waals surface area contributed by atoms with Crippen molar-refractivity contribution in [3.05, 3.63) is 69.2 Å². The van der Waals surface area contributed by atoms with E-state index in [-0.39, 0.29) is 12.0 Å². The quantitative estimate of drug-likeness (QED) is 0.886. The van der Waals surface area contributed by atoms with Gasteiger partial charge in [0.1, 0.15) is 11.6 Å². The number of rotatable bonds is 3. The summed E-state index contributed by atoms with van der Waals surface area (Å²) in [7, 11) is 0. The van der Waals surface area contributed by atoms with Gasteiger partial charge in [0, 0.05) is 21.7 Å². The highest BCUT2D eigenvalue weighted by atomic mass is 35.5. The summed E-state index contributed by atoms with van der Waals surface area (Å²) in [5.41, 5.74) is 6.56. The molecule has 5 heteroatoms. The van der Waals surface area contributed by atoms with Crippen molar-refractivity contribution in [1.82, 2.24) is 0 Å². The smallest absolute Gasteiger partial charge is 0.128 e. The highest BCUT2D eigenvalue weighted by molar-refractivity contribution is 6.30. The molecule has 2 N–H and O–H groups in total. The maximum Gasteiger partial charge on any atom is 0.128 e. The standard InChI is InChI=1S/C14H11Cl2F2N/c15-9-3-4-12(17)11(6-9)14(19)5-8-1-2-10(16)7-13(8)18/h1-4,6-7,14H,5,19H2. The number of halogens is 4. The van der Waals surface area contributed by atoms with Crippen LogP contribution in [0.15, 0.2) is 36.4 Å². The molecule has 1 nitrogen and oxygen atoms in total. The van der Waals surface area contributed by atoms with E-state index >= 15 is 0 Å². The maximum absolute atomic E-state index is 13.6. The van der Waals surface area contributed by atoms with Gasteiger partial charge in [-0.25, -0.2) is 8.78 Å². The molecule has 2 rings (SSSR count). The van der Waals surface area contributed by atoms with Crippen molar-refractivity contribution >= 4 is 23.2 Å². The van der Waals surface area contributed by atoms with Crippen LogP contribution >= 0.6 is 23.2 Å². The Morgan fingerprint density at radius 1 is 0.947 bits per heavy atom. The van der Waals surface area contributed by atoms with Crippen molar-refractivity contribution in [3.63, 3.8) is 0 Å². The van der Waals surface area contributed by atoms with Crippen molar-refractivity contribution in [1.29, 1.82) is 0 Å². The van der Waals surface area contributed by atoms with E-state index in [0.717, 1.165) is 0 Å². The van der Waals surface area contributed by atoms with Crippen molar-refractivity contribution < 1.29 is 8.78 Å². The van der Waals surface area contributed by atoms with Gasteiger partial charge >= 0.3 is 0 Å². The van der Waals surface area contributed by atoms with E-state index in [2.05, 4.69) is 0 Å². The minimum Gasteiger partial charge on any atom is -0.324 e. The molecule has 100 valence electrons. The number of hydrogen-bond donors (Lipinski definition) is 1. The van der Waals surface area contributed by atoms with Gasteiger partial charge < -0.3 is 5.73 Å². The average Bonchev–Trinajstić information content (AvgIpc) is 2.35. The van der Waals surface area contributed by atoms with Gasteiger partial charge in [0.05, 0.1) is 0 Å². The molecule has 0 aromatic heterocycles. The molecular weight excluding hydrogens is 291 g/mol. The van der Waals surface area contributed by atoms with Crippen molar-refractivity contribution in [2.24, 2.45) is 5.73 Å². The first-order valence-corrected chi connectivity index (χ1v) is 6.37. The molecule has 0 aliphatic rings. The van der Waals surface area contributed by atoms with Crippen molar-refractivity contribution in [3.8, 4) is 0 Å². The van der Waals surface area contributed by atoms with Gasteiger partial charge in [0.25, 0.3) is 0 Å². The molecule has 0 bridgehead atoms. The molecule has 0 fully saturated rings. The Morgan fingerprint density at radius 2 is 1.58 bits per heavy atom. The van der Waals surface area contributed by atoms with E-state index in [4.69, 9.17) is 28.9 Å². The van der Waals surface area contributed by atoms with E-state index in [9.17, 15) is 8.78 Å².